The van der Waals surface area contributed by atoms with E-state index in [0.29, 0.717) is 0 Å². The van der Waals surface area contributed by atoms with Gasteiger partial charge in [0.25, 0.3) is 0 Å². The van der Waals surface area contributed by atoms with Crippen LogP contribution in [0.1, 0.15) is 11.1 Å². The van der Waals surface area contributed by atoms with Gasteiger partial charge in [-0.25, -0.2) is 4.98 Å². The van der Waals surface area contributed by atoms with Crippen LogP contribution in [0.15, 0.2) is 18.2 Å². The molecular weight excluding hydrogens is 307 g/mol. The minimum Gasteiger partial charge on any atom is -0.382 e. The Kier molecular flexibility index (Phi) is 3.61. The topological polar surface area (TPSA) is 102 Å². The number of benzene rings is 1. The van der Waals surface area contributed by atoms with E-state index in [-0.39, 0.29) is 28.6 Å². The molecular formula is C12H7ClF3N5. The van der Waals surface area contributed by atoms with E-state index in [4.69, 9.17) is 28.3 Å². The Morgan fingerprint density at radius 3 is 2.38 bits per heavy atom. The van der Waals surface area contributed by atoms with Crippen LogP contribution in [0.4, 0.5) is 24.9 Å². The highest BCUT2D eigenvalue weighted by atomic mass is 35.5. The van der Waals surface area contributed by atoms with Crippen LogP contribution in [-0.2, 0) is 6.18 Å². The first-order valence-corrected chi connectivity index (χ1v) is 5.82. The van der Waals surface area contributed by atoms with Gasteiger partial charge in [-0.2, -0.15) is 23.4 Å². The molecule has 0 bridgehead atoms. The quantitative estimate of drug-likeness (QED) is 0.843. The van der Waals surface area contributed by atoms with E-state index in [1.807, 2.05) is 0 Å². The van der Waals surface area contributed by atoms with Gasteiger partial charge in [-0.05, 0) is 12.1 Å². The number of nitrogen functional groups attached to an aromatic ring is 2. The summed E-state index contributed by atoms with van der Waals surface area (Å²) in [5, 5.41) is 8.53. The van der Waals surface area contributed by atoms with Crippen molar-refractivity contribution in [2.45, 2.75) is 6.18 Å². The highest BCUT2D eigenvalue weighted by Gasteiger charge is 2.33. The van der Waals surface area contributed by atoms with Crippen molar-refractivity contribution in [2.75, 3.05) is 11.5 Å². The number of rotatable bonds is 1. The van der Waals surface area contributed by atoms with Crippen LogP contribution in [-0.4, -0.2) is 9.97 Å². The SMILES string of the molecule is N#Cc1c(N)nc(N)nc1-c1ccc(C(F)(F)F)c(Cl)c1. The fraction of sp³-hybridized carbons (Fsp3) is 0.0833. The van der Waals surface area contributed by atoms with Crippen LogP contribution in [0, 0.1) is 11.3 Å². The van der Waals surface area contributed by atoms with Gasteiger partial charge in [0.05, 0.1) is 16.3 Å². The fourth-order valence-corrected chi connectivity index (χ4v) is 2.00. The Morgan fingerprint density at radius 1 is 1.19 bits per heavy atom. The van der Waals surface area contributed by atoms with Gasteiger partial charge in [0.15, 0.2) is 0 Å². The maximum Gasteiger partial charge on any atom is 0.417 e. The van der Waals surface area contributed by atoms with Gasteiger partial charge in [0.2, 0.25) is 5.95 Å². The largest absolute Gasteiger partial charge is 0.417 e. The van der Waals surface area contributed by atoms with Crippen LogP contribution < -0.4 is 11.5 Å². The third kappa shape index (κ3) is 2.83. The highest BCUT2D eigenvalue weighted by Crippen LogP contribution is 2.37. The molecule has 1 aromatic carbocycles. The molecule has 0 unspecified atom stereocenters. The summed E-state index contributed by atoms with van der Waals surface area (Å²) >= 11 is 5.63. The summed E-state index contributed by atoms with van der Waals surface area (Å²) in [7, 11) is 0. The van der Waals surface area contributed by atoms with Crippen molar-refractivity contribution >= 4 is 23.4 Å². The molecule has 1 aromatic heterocycles. The third-order valence-corrected chi connectivity index (χ3v) is 2.93. The molecule has 108 valence electrons. The van der Waals surface area contributed by atoms with Crippen molar-refractivity contribution < 1.29 is 13.2 Å². The first-order chi connectivity index (χ1) is 9.74. The van der Waals surface area contributed by atoms with Crippen LogP contribution in [0.25, 0.3) is 11.3 Å². The Balaban J connectivity index is 2.65. The number of hydrogen-bond donors (Lipinski definition) is 2. The predicted octanol–water partition coefficient (Wildman–Crippen LogP) is 2.85. The average Bonchev–Trinajstić information content (AvgIpc) is 2.36. The van der Waals surface area contributed by atoms with E-state index in [2.05, 4.69) is 9.97 Å². The summed E-state index contributed by atoms with van der Waals surface area (Å²) in [5.74, 6) is -0.353. The summed E-state index contributed by atoms with van der Waals surface area (Å²) in [6.07, 6.45) is -4.57. The van der Waals surface area contributed by atoms with Crippen molar-refractivity contribution in [3.05, 3.63) is 34.3 Å². The summed E-state index contributed by atoms with van der Waals surface area (Å²) < 4.78 is 38.0. The zero-order valence-electron chi connectivity index (χ0n) is 10.2. The summed E-state index contributed by atoms with van der Waals surface area (Å²) in [4.78, 5) is 7.45. The first kappa shape index (κ1) is 14.9. The second-order valence-electron chi connectivity index (χ2n) is 3.99. The molecule has 0 atom stereocenters. The lowest BCUT2D eigenvalue weighted by molar-refractivity contribution is -0.137. The van der Waals surface area contributed by atoms with E-state index in [1.54, 1.807) is 6.07 Å². The standard InChI is InChI=1S/C12H7ClF3N5/c13-8-3-5(1-2-7(8)12(14,15)16)9-6(4-17)10(18)21-11(19)20-9/h1-3H,(H4,18,19,20,21). The lowest BCUT2D eigenvalue weighted by Gasteiger charge is -2.11. The van der Waals surface area contributed by atoms with Gasteiger partial charge in [-0.1, -0.05) is 17.7 Å². The molecule has 2 aromatic rings. The Morgan fingerprint density at radius 2 is 1.86 bits per heavy atom. The van der Waals surface area contributed by atoms with E-state index in [9.17, 15) is 13.2 Å². The molecule has 0 aliphatic rings. The smallest absolute Gasteiger partial charge is 0.382 e. The first-order valence-electron chi connectivity index (χ1n) is 5.44. The number of nitrogens with zero attached hydrogens (tertiary/aromatic N) is 3. The van der Waals surface area contributed by atoms with Gasteiger partial charge in [-0.15, -0.1) is 0 Å². The Bertz CT molecular complexity index is 752. The maximum atomic E-state index is 12.7. The number of nitriles is 1. The normalized spacial score (nSPS) is 11.2. The van der Waals surface area contributed by atoms with Crippen molar-refractivity contribution in [3.8, 4) is 17.3 Å². The molecule has 0 aliphatic carbocycles. The van der Waals surface area contributed by atoms with Gasteiger partial charge < -0.3 is 11.5 Å². The molecule has 0 fully saturated rings. The summed E-state index contributed by atoms with van der Waals surface area (Å²) in [5.41, 5.74) is 10.1. The minimum atomic E-state index is -4.57. The maximum absolute atomic E-state index is 12.7. The monoisotopic (exact) mass is 313 g/mol. The Labute approximate surface area is 122 Å². The average molecular weight is 314 g/mol. The molecule has 0 amide bonds. The molecule has 0 aliphatic heterocycles. The number of halogens is 4. The van der Waals surface area contributed by atoms with Crippen LogP contribution in [0.2, 0.25) is 5.02 Å². The predicted molar refractivity (Wildman–Crippen MR) is 71.0 cm³/mol. The molecule has 2 rings (SSSR count). The van der Waals surface area contributed by atoms with Crippen molar-refractivity contribution in [1.82, 2.24) is 9.97 Å². The summed E-state index contributed by atoms with van der Waals surface area (Å²) in [6, 6.07) is 4.77. The molecule has 0 radical (unpaired) electrons. The second-order valence-corrected chi connectivity index (χ2v) is 4.40. The van der Waals surface area contributed by atoms with E-state index in [1.165, 1.54) is 0 Å². The van der Waals surface area contributed by atoms with Gasteiger partial charge in [0, 0.05) is 5.56 Å². The van der Waals surface area contributed by atoms with Gasteiger partial charge >= 0.3 is 6.18 Å². The number of alkyl halides is 3. The second kappa shape index (κ2) is 5.10. The zero-order valence-corrected chi connectivity index (χ0v) is 11.0. The molecule has 1 heterocycles. The molecule has 9 heteroatoms. The lowest BCUT2D eigenvalue weighted by atomic mass is 10.0. The molecule has 5 nitrogen and oxygen atoms in total. The minimum absolute atomic E-state index is 0.0260. The molecule has 0 saturated heterocycles. The van der Waals surface area contributed by atoms with Crippen LogP contribution >= 0.6 is 11.6 Å². The summed E-state index contributed by atoms with van der Waals surface area (Å²) in [6.45, 7) is 0. The van der Waals surface area contributed by atoms with Crippen LogP contribution in [0.3, 0.4) is 0 Å². The van der Waals surface area contributed by atoms with Crippen molar-refractivity contribution in [3.63, 3.8) is 0 Å². The lowest BCUT2D eigenvalue weighted by Crippen LogP contribution is -2.07. The third-order valence-electron chi connectivity index (χ3n) is 2.61. The van der Waals surface area contributed by atoms with Gasteiger partial charge in [-0.3, -0.25) is 0 Å². The molecule has 0 spiro atoms. The van der Waals surface area contributed by atoms with E-state index < -0.39 is 16.8 Å². The molecule has 0 saturated carbocycles. The highest BCUT2D eigenvalue weighted by molar-refractivity contribution is 6.31. The van der Waals surface area contributed by atoms with E-state index >= 15 is 0 Å². The molecule has 21 heavy (non-hydrogen) atoms. The van der Waals surface area contributed by atoms with Gasteiger partial charge in [0.1, 0.15) is 17.5 Å². The number of anilines is 2. The Hall–Kier alpha value is -2.53. The van der Waals surface area contributed by atoms with Crippen molar-refractivity contribution in [2.24, 2.45) is 0 Å². The fourth-order valence-electron chi connectivity index (χ4n) is 1.71. The van der Waals surface area contributed by atoms with E-state index in [0.717, 1.165) is 18.2 Å². The van der Waals surface area contributed by atoms with Crippen molar-refractivity contribution in [1.29, 1.82) is 5.26 Å². The number of hydrogen-bond acceptors (Lipinski definition) is 5. The van der Waals surface area contributed by atoms with Crippen LogP contribution in [0.5, 0.6) is 0 Å². The zero-order chi connectivity index (χ0) is 15.8. The number of nitrogens with two attached hydrogens (primary N) is 2. The molecule has 4 N–H and O–H groups in total. The number of aromatic nitrogens is 2.